The maximum absolute atomic E-state index is 11.2. The van der Waals surface area contributed by atoms with Crippen molar-refractivity contribution in [3.8, 4) is 6.07 Å². The molecular formula is C14H24N2O2. The summed E-state index contributed by atoms with van der Waals surface area (Å²) in [5.41, 5.74) is 0.0472. The van der Waals surface area contributed by atoms with Gasteiger partial charge in [0, 0.05) is 19.8 Å². The SMILES string of the molecule is CCCCCCCCN(C)C=C(C#N)C(=O)OC. The topological polar surface area (TPSA) is 53.3 Å². The number of carbonyl (C=O) groups is 1. The molecule has 0 aromatic heterocycles. The Bertz CT molecular complexity index is 305. The van der Waals surface area contributed by atoms with E-state index < -0.39 is 5.97 Å². The van der Waals surface area contributed by atoms with E-state index in [4.69, 9.17) is 5.26 Å². The molecule has 0 heterocycles. The van der Waals surface area contributed by atoms with Gasteiger partial charge >= 0.3 is 5.97 Å². The second-order valence-electron chi connectivity index (χ2n) is 4.39. The van der Waals surface area contributed by atoms with Crippen LogP contribution in [-0.4, -0.2) is 31.6 Å². The average Bonchev–Trinajstić information content (AvgIpc) is 2.39. The third-order valence-electron chi connectivity index (χ3n) is 2.74. The van der Waals surface area contributed by atoms with E-state index in [1.807, 2.05) is 18.0 Å². The van der Waals surface area contributed by atoms with Crippen LogP contribution in [0.4, 0.5) is 0 Å². The Morgan fingerprint density at radius 2 is 1.89 bits per heavy atom. The normalized spacial score (nSPS) is 10.9. The summed E-state index contributed by atoms with van der Waals surface area (Å²) in [5.74, 6) is -0.577. The van der Waals surface area contributed by atoms with Crippen LogP contribution < -0.4 is 0 Å². The first-order chi connectivity index (χ1) is 8.65. The molecule has 0 aliphatic rings. The summed E-state index contributed by atoms with van der Waals surface area (Å²) in [5, 5.41) is 8.80. The van der Waals surface area contributed by atoms with Crippen LogP contribution in [0.3, 0.4) is 0 Å². The van der Waals surface area contributed by atoms with E-state index in [0.29, 0.717) is 0 Å². The van der Waals surface area contributed by atoms with E-state index in [9.17, 15) is 4.79 Å². The van der Waals surface area contributed by atoms with Crippen molar-refractivity contribution in [3.05, 3.63) is 11.8 Å². The van der Waals surface area contributed by atoms with Crippen molar-refractivity contribution in [1.29, 1.82) is 5.26 Å². The molecule has 0 radical (unpaired) electrons. The van der Waals surface area contributed by atoms with Gasteiger partial charge in [0.2, 0.25) is 0 Å². The van der Waals surface area contributed by atoms with Crippen molar-refractivity contribution in [2.24, 2.45) is 0 Å². The first kappa shape index (κ1) is 16.5. The van der Waals surface area contributed by atoms with Crippen LogP contribution >= 0.6 is 0 Å². The summed E-state index contributed by atoms with van der Waals surface area (Å²) in [6.45, 7) is 3.06. The van der Waals surface area contributed by atoms with Gasteiger partial charge in [-0.15, -0.1) is 0 Å². The maximum atomic E-state index is 11.2. The first-order valence-corrected chi connectivity index (χ1v) is 6.56. The minimum Gasteiger partial charge on any atom is -0.465 e. The van der Waals surface area contributed by atoms with E-state index in [-0.39, 0.29) is 5.57 Å². The third kappa shape index (κ3) is 7.72. The second-order valence-corrected chi connectivity index (χ2v) is 4.39. The van der Waals surface area contributed by atoms with Gasteiger partial charge < -0.3 is 9.64 Å². The molecule has 102 valence electrons. The fourth-order valence-corrected chi connectivity index (χ4v) is 1.66. The standard InChI is InChI=1S/C14H24N2O2/c1-4-5-6-7-8-9-10-16(2)12-13(11-15)14(17)18-3/h12H,4-10H2,1-3H3. The smallest absolute Gasteiger partial charge is 0.350 e. The molecule has 0 aromatic rings. The lowest BCUT2D eigenvalue weighted by Gasteiger charge is -2.14. The lowest BCUT2D eigenvalue weighted by molar-refractivity contribution is -0.135. The molecule has 0 atom stereocenters. The molecule has 0 saturated carbocycles. The third-order valence-corrected chi connectivity index (χ3v) is 2.74. The molecule has 0 aliphatic carbocycles. The Morgan fingerprint density at radius 1 is 1.28 bits per heavy atom. The summed E-state index contributed by atoms with van der Waals surface area (Å²) in [7, 11) is 3.15. The van der Waals surface area contributed by atoms with Crippen molar-refractivity contribution in [2.75, 3.05) is 20.7 Å². The van der Waals surface area contributed by atoms with Crippen molar-refractivity contribution in [3.63, 3.8) is 0 Å². The molecule has 0 bridgehead atoms. The predicted octanol–water partition coefficient (Wildman–Crippen LogP) is 2.86. The van der Waals surface area contributed by atoms with Gasteiger partial charge in [-0.3, -0.25) is 0 Å². The number of nitriles is 1. The van der Waals surface area contributed by atoms with Gasteiger partial charge in [-0.05, 0) is 6.42 Å². The van der Waals surface area contributed by atoms with Gasteiger partial charge in [0.05, 0.1) is 7.11 Å². The van der Waals surface area contributed by atoms with Crippen molar-refractivity contribution in [1.82, 2.24) is 4.90 Å². The van der Waals surface area contributed by atoms with Crippen LogP contribution in [0.15, 0.2) is 11.8 Å². The Morgan fingerprint density at radius 3 is 2.44 bits per heavy atom. The van der Waals surface area contributed by atoms with E-state index in [2.05, 4.69) is 11.7 Å². The van der Waals surface area contributed by atoms with Crippen LogP contribution in [-0.2, 0) is 9.53 Å². The number of esters is 1. The van der Waals surface area contributed by atoms with Gasteiger partial charge in [-0.2, -0.15) is 5.26 Å². The predicted molar refractivity (Wildman–Crippen MR) is 71.7 cm³/mol. The summed E-state index contributed by atoms with van der Waals surface area (Å²) in [4.78, 5) is 13.1. The minimum atomic E-state index is -0.577. The number of rotatable bonds is 9. The Balaban J connectivity index is 3.88. The first-order valence-electron chi connectivity index (χ1n) is 6.56. The molecule has 4 heteroatoms. The average molecular weight is 252 g/mol. The zero-order valence-corrected chi connectivity index (χ0v) is 11.7. The summed E-state index contributed by atoms with van der Waals surface area (Å²) >= 11 is 0. The van der Waals surface area contributed by atoms with Crippen LogP contribution in [0.1, 0.15) is 45.4 Å². The summed E-state index contributed by atoms with van der Waals surface area (Å²) in [6, 6.07) is 1.85. The molecule has 0 unspecified atom stereocenters. The minimum absolute atomic E-state index is 0.0472. The summed E-state index contributed by atoms with van der Waals surface area (Å²) < 4.78 is 4.52. The molecule has 0 spiro atoms. The zero-order chi connectivity index (χ0) is 13.8. The fourth-order valence-electron chi connectivity index (χ4n) is 1.66. The van der Waals surface area contributed by atoms with Crippen molar-refractivity contribution >= 4 is 5.97 Å². The molecule has 18 heavy (non-hydrogen) atoms. The van der Waals surface area contributed by atoms with Gasteiger partial charge in [-0.1, -0.05) is 39.0 Å². The van der Waals surface area contributed by atoms with Gasteiger partial charge in [0.25, 0.3) is 0 Å². The Kier molecular flexibility index (Phi) is 9.75. The van der Waals surface area contributed by atoms with Crippen molar-refractivity contribution in [2.45, 2.75) is 45.4 Å². The van der Waals surface area contributed by atoms with Crippen molar-refractivity contribution < 1.29 is 9.53 Å². The van der Waals surface area contributed by atoms with Gasteiger partial charge in [0.15, 0.2) is 5.57 Å². The molecule has 0 aromatic carbocycles. The number of nitrogens with zero attached hydrogens (tertiary/aromatic N) is 2. The number of ether oxygens (including phenoxy) is 1. The highest BCUT2D eigenvalue weighted by atomic mass is 16.5. The molecule has 0 aliphatic heterocycles. The number of hydrogen-bond donors (Lipinski definition) is 0. The lowest BCUT2D eigenvalue weighted by Crippen LogP contribution is -2.15. The highest BCUT2D eigenvalue weighted by Crippen LogP contribution is 2.06. The Labute approximate surface area is 110 Å². The van der Waals surface area contributed by atoms with E-state index in [1.54, 1.807) is 6.20 Å². The quantitative estimate of drug-likeness (QED) is 0.274. The summed E-state index contributed by atoms with van der Waals surface area (Å²) in [6.07, 6.45) is 8.94. The number of carbonyl (C=O) groups excluding carboxylic acids is 1. The van der Waals surface area contributed by atoms with Crippen LogP contribution in [0.5, 0.6) is 0 Å². The lowest BCUT2D eigenvalue weighted by atomic mass is 10.1. The molecule has 4 nitrogen and oxygen atoms in total. The number of unbranched alkanes of at least 4 members (excludes halogenated alkanes) is 5. The maximum Gasteiger partial charge on any atom is 0.350 e. The highest BCUT2D eigenvalue weighted by Gasteiger charge is 2.09. The second kappa shape index (κ2) is 10.6. The zero-order valence-electron chi connectivity index (χ0n) is 11.7. The fraction of sp³-hybridized carbons (Fsp3) is 0.714. The molecule has 0 saturated heterocycles. The molecule has 0 fully saturated rings. The molecule has 0 rings (SSSR count). The number of hydrogen-bond acceptors (Lipinski definition) is 4. The van der Waals surface area contributed by atoms with Crippen LogP contribution in [0, 0.1) is 11.3 Å². The highest BCUT2D eigenvalue weighted by molar-refractivity contribution is 5.92. The molecule has 0 amide bonds. The van der Waals surface area contributed by atoms with E-state index >= 15 is 0 Å². The van der Waals surface area contributed by atoms with Crippen LogP contribution in [0.25, 0.3) is 0 Å². The van der Waals surface area contributed by atoms with Gasteiger partial charge in [0.1, 0.15) is 6.07 Å². The monoisotopic (exact) mass is 252 g/mol. The van der Waals surface area contributed by atoms with E-state index in [1.165, 1.54) is 39.2 Å². The molecular weight excluding hydrogens is 228 g/mol. The Hall–Kier alpha value is -1.50. The number of methoxy groups -OCH3 is 1. The van der Waals surface area contributed by atoms with Gasteiger partial charge in [-0.25, -0.2) is 4.79 Å². The van der Waals surface area contributed by atoms with Crippen LogP contribution in [0.2, 0.25) is 0 Å². The largest absolute Gasteiger partial charge is 0.465 e. The van der Waals surface area contributed by atoms with E-state index in [0.717, 1.165) is 13.0 Å². The molecule has 0 N–H and O–H groups in total.